The molecule has 0 amide bonds. The van der Waals surface area contributed by atoms with E-state index in [2.05, 4.69) is 19.1 Å². The number of hydrogen-bond donors (Lipinski definition) is 0. The summed E-state index contributed by atoms with van der Waals surface area (Å²) in [5, 5.41) is 0. The van der Waals surface area contributed by atoms with E-state index in [1.54, 1.807) is 0 Å². The highest BCUT2D eigenvalue weighted by Gasteiger charge is 2.26. The number of aliphatic imine (C=N–C) groups is 1. The van der Waals surface area contributed by atoms with E-state index < -0.39 is 11.6 Å². The maximum atomic E-state index is 13.1. The second kappa shape index (κ2) is 9.53. The highest BCUT2D eigenvalue weighted by atomic mass is 16.6. The van der Waals surface area contributed by atoms with Crippen LogP contribution < -0.4 is 0 Å². The minimum atomic E-state index is -0.637. The molecule has 3 rings (SSSR count). The van der Waals surface area contributed by atoms with Crippen molar-refractivity contribution < 1.29 is 9.53 Å². The van der Waals surface area contributed by atoms with Gasteiger partial charge in [-0.2, -0.15) is 0 Å². The van der Waals surface area contributed by atoms with Gasteiger partial charge in [0.25, 0.3) is 0 Å². The molecule has 0 unspecified atom stereocenters. The molecule has 3 aromatic carbocycles. The first-order valence-electron chi connectivity index (χ1n) is 10.3. The zero-order valence-corrected chi connectivity index (χ0v) is 18.1. The lowest BCUT2D eigenvalue weighted by Crippen LogP contribution is -2.33. The van der Waals surface area contributed by atoms with Crippen LogP contribution in [0.15, 0.2) is 89.9 Å². The highest BCUT2D eigenvalue weighted by molar-refractivity contribution is 6.13. The molecule has 3 heteroatoms. The minimum Gasteiger partial charge on any atom is -0.458 e. The zero-order chi connectivity index (χ0) is 21.6. The Morgan fingerprint density at radius 2 is 1.33 bits per heavy atom. The van der Waals surface area contributed by atoms with Crippen LogP contribution in [0.25, 0.3) is 0 Å². The van der Waals surface area contributed by atoms with Gasteiger partial charge >= 0.3 is 5.97 Å². The van der Waals surface area contributed by atoms with Gasteiger partial charge in [-0.1, -0.05) is 90.5 Å². The van der Waals surface area contributed by atoms with Crippen molar-refractivity contribution in [1.29, 1.82) is 0 Å². The van der Waals surface area contributed by atoms with Gasteiger partial charge in [-0.25, -0.2) is 4.79 Å². The van der Waals surface area contributed by atoms with E-state index in [4.69, 9.17) is 9.73 Å². The molecule has 3 aromatic rings. The number of carbonyl (C=O) groups excluding carboxylic acids is 1. The summed E-state index contributed by atoms with van der Waals surface area (Å²) >= 11 is 0. The van der Waals surface area contributed by atoms with Crippen LogP contribution in [0, 0.1) is 6.92 Å². The fraction of sp³-hybridized carbons (Fsp3) is 0.259. The fourth-order valence-electron chi connectivity index (χ4n) is 3.16. The molecule has 0 aliphatic heterocycles. The molecule has 0 saturated heterocycles. The number of benzene rings is 3. The summed E-state index contributed by atoms with van der Waals surface area (Å²) in [7, 11) is 0. The Morgan fingerprint density at radius 1 is 0.833 bits per heavy atom. The Balaban J connectivity index is 2.05. The molecule has 0 bridgehead atoms. The van der Waals surface area contributed by atoms with Crippen molar-refractivity contribution in [3.8, 4) is 0 Å². The summed E-state index contributed by atoms with van der Waals surface area (Å²) in [4.78, 5) is 18.1. The standard InChI is InChI=1S/C27H29NO2/c1-20-15-17-21(18-16-20)19-24(26(29)30-27(2,3)4)28-25(22-11-7-5-8-12-22)23-13-9-6-10-14-23/h5-18,24H,19H2,1-4H3/t24-/m1/s1. The van der Waals surface area contributed by atoms with Crippen LogP contribution in [-0.4, -0.2) is 23.3 Å². The number of rotatable bonds is 6. The normalized spacial score (nSPS) is 12.1. The van der Waals surface area contributed by atoms with Gasteiger partial charge in [0.1, 0.15) is 5.60 Å². The van der Waals surface area contributed by atoms with Gasteiger partial charge in [0, 0.05) is 17.5 Å². The monoisotopic (exact) mass is 399 g/mol. The Bertz CT molecular complexity index is 943. The molecule has 154 valence electrons. The lowest BCUT2D eigenvalue weighted by atomic mass is 10.00. The van der Waals surface area contributed by atoms with Gasteiger partial charge in [0.15, 0.2) is 6.04 Å². The minimum absolute atomic E-state index is 0.313. The topological polar surface area (TPSA) is 38.7 Å². The molecule has 0 fully saturated rings. The van der Waals surface area contributed by atoms with Crippen molar-refractivity contribution in [3.63, 3.8) is 0 Å². The maximum absolute atomic E-state index is 13.1. The third-order valence-electron chi connectivity index (χ3n) is 4.61. The number of nitrogens with zero attached hydrogens (tertiary/aromatic N) is 1. The summed E-state index contributed by atoms with van der Waals surface area (Å²) in [6.45, 7) is 7.70. The number of hydrogen-bond acceptors (Lipinski definition) is 3. The molecule has 0 aromatic heterocycles. The molecular weight excluding hydrogens is 370 g/mol. The SMILES string of the molecule is Cc1ccc(C[C@@H](N=C(c2ccccc2)c2ccccc2)C(=O)OC(C)(C)C)cc1. The van der Waals surface area contributed by atoms with Gasteiger partial charge in [-0.3, -0.25) is 4.99 Å². The zero-order valence-electron chi connectivity index (χ0n) is 18.1. The van der Waals surface area contributed by atoms with Crippen LogP contribution in [0.5, 0.6) is 0 Å². The fourth-order valence-corrected chi connectivity index (χ4v) is 3.16. The van der Waals surface area contributed by atoms with Gasteiger partial charge in [0.2, 0.25) is 0 Å². The van der Waals surface area contributed by atoms with Crippen molar-refractivity contribution in [2.24, 2.45) is 4.99 Å². The van der Waals surface area contributed by atoms with Crippen LogP contribution >= 0.6 is 0 Å². The van der Waals surface area contributed by atoms with Crippen molar-refractivity contribution in [1.82, 2.24) is 0 Å². The summed E-state index contributed by atoms with van der Waals surface area (Å²) in [5.41, 5.74) is 4.41. The van der Waals surface area contributed by atoms with Crippen molar-refractivity contribution in [2.45, 2.75) is 45.8 Å². The average Bonchev–Trinajstić information content (AvgIpc) is 2.72. The lowest BCUT2D eigenvalue weighted by molar-refractivity contribution is -0.156. The molecule has 0 aliphatic carbocycles. The Morgan fingerprint density at radius 3 is 1.80 bits per heavy atom. The summed E-state index contributed by atoms with van der Waals surface area (Å²) in [5.74, 6) is -0.313. The first-order chi connectivity index (χ1) is 14.3. The van der Waals surface area contributed by atoms with E-state index in [-0.39, 0.29) is 5.97 Å². The van der Waals surface area contributed by atoms with Crippen molar-refractivity contribution in [2.75, 3.05) is 0 Å². The Kier molecular flexibility index (Phi) is 6.83. The van der Waals surface area contributed by atoms with Gasteiger partial charge < -0.3 is 4.74 Å². The van der Waals surface area contributed by atoms with Crippen molar-refractivity contribution in [3.05, 3.63) is 107 Å². The van der Waals surface area contributed by atoms with Gasteiger partial charge in [-0.05, 0) is 33.3 Å². The maximum Gasteiger partial charge on any atom is 0.331 e. The van der Waals surface area contributed by atoms with Gasteiger partial charge in [-0.15, -0.1) is 0 Å². The van der Waals surface area contributed by atoms with E-state index >= 15 is 0 Å². The molecular formula is C27H29NO2. The summed E-state index contributed by atoms with van der Waals surface area (Å²) < 4.78 is 5.72. The molecule has 0 heterocycles. The van der Waals surface area contributed by atoms with E-state index in [0.717, 1.165) is 22.4 Å². The van der Waals surface area contributed by atoms with Crippen LogP contribution in [0.1, 0.15) is 43.0 Å². The summed E-state index contributed by atoms with van der Waals surface area (Å²) in [6.07, 6.45) is 0.484. The van der Waals surface area contributed by atoms with Crippen LogP contribution in [0.4, 0.5) is 0 Å². The average molecular weight is 400 g/mol. The Hall–Kier alpha value is -3.20. The predicted molar refractivity (Wildman–Crippen MR) is 123 cm³/mol. The second-order valence-corrected chi connectivity index (χ2v) is 8.45. The molecule has 1 atom stereocenters. The summed E-state index contributed by atoms with van der Waals surface area (Å²) in [6, 6.07) is 27.5. The molecule has 0 aliphatic rings. The number of carbonyl (C=O) groups is 1. The predicted octanol–water partition coefficient (Wildman–Crippen LogP) is 5.79. The molecule has 3 nitrogen and oxygen atoms in total. The van der Waals surface area contributed by atoms with Gasteiger partial charge in [0.05, 0.1) is 5.71 Å². The highest BCUT2D eigenvalue weighted by Crippen LogP contribution is 2.18. The number of esters is 1. The third kappa shape index (κ3) is 6.15. The molecule has 0 radical (unpaired) electrons. The van der Waals surface area contributed by atoms with Crippen LogP contribution in [0.3, 0.4) is 0 Å². The number of ether oxygens (including phenoxy) is 1. The second-order valence-electron chi connectivity index (χ2n) is 8.45. The first kappa shape index (κ1) is 21.5. The third-order valence-corrected chi connectivity index (χ3v) is 4.61. The van der Waals surface area contributed by atoms with Crippen LogP contribution in [-0.2, 0) is 16.0 Å². The molecule has 0 spiro atoms. The van der Waals surface area contributed by atoms with Crippen LogP contribution in [0.2, 0.25) is 0 Å². The van der Waals surface area contributed by atoms with Crippen molar-refractivity contribution >= 4 is 11.7 Å². The first-order valence-corrected chi connectivity index (χ1v) is 10.3. The largest absolute Gasteiger partial charge is 0.458 e. The van der Waals surface area contributed by atoms with E-state index in [1.807, 2.05) is 93.6 Å². The molecule has 30 heavy (non-hydrogen) atoms. The lowest BCUT2D eigenvalue weighted by Gasteiger charge is -2.23. The molecule has 0 saturated carbocycles. The quantitative estimate of drug-likeness (QED) is 0.389. The van der Waals surface area contributed by atoms with E-state index in [9.17, 15) is 4.79 Å². The van der Waals surface area contributed by atoms with E-state index in [1.165, 1.54) is 5.56 Å². The smallest absolute Gasteiger partial charge is 0.331 e. The number of aryl methyl sites for hydroxylation is 1. The molecule has 0 N–H and O–H groups in total. The van der Waals surface area contributed by atoms with E-state index in [0.29, 0.717) is 6.42 Å². The Labute approximate surface area is 179 Å².